The van der Waals surface area contributed by atoms with Crippen molar-refractivity contribution >= 4 is 27.6 Å². The summed E-state index contributed by atoms with van der Waals surface area (Å²) in [5.41, 5.74) is 0.820. The molecule has 0 unspecified atom stereocenters. The Morgan fingerprint density at radius 3 is 2.50 bits per heavy atom. The Morgan fingerprint density at radius 1 is 1.25 bits per heavy atom. The summed E-state index contributed by atoms with van der Waals surface area (Å²) in [5, 5.41) is 10.4. The lowest BCUT2D eigenvalue weighted by molar-refractivity contribution is -0.307. The number of sulfonamides is 1. The quantitative estimate of drug-likeness (QED) is 0.799. The molecule has 0 radical (unpaired) electrons. The zero-order valence-corrected chi connectivity index (χ0v) is 14.3. The molecule has 24 heavy (non-hydrogen) atoms. The highest BCUT2D eigenvalue weighted by atomic mass is 35.5. The fourth-order valence-corrected chi connectivity index (χ4v) is 3.57. The van der Waals surface area contributed by atoms with Crippen LogP contribution in [0.1, 0.15) is 18.5 Å². The van der Waals surface area contributed by atoms with Crippen LogP contribution in [-0.2, 0) is 14.8 Å². The van der Waals surface area contributed by atoms with Crippen molar-refractivity contribution in [3.8, 4) is 5.75 Å². The third-order valence-electron chi connectivity index (χ3n) is 3.19. The zero-order chi connectivity index (χ0) is 17.7. The lowest BCUT2D eigenvalue weighted by Gasteiger charge is -2.15. The van der Waals surface area contributed by atoms with Gasteiger partial charge in [-0.3, -0.25) is 0 Å². The summed E-state index contributed by atoms with van der Waals surface area (Å²) in [6.07, 6.45) is 0. The van der Waals surface area contributed by atoms with Crippen LogP contribution in [0.4, 0.5) is 0 Å². The molecule has 0 aromatic heterocycles. The predicted octanol–water partition coefficient (Wildman–Crippen LogP) is 1.51. The first kappa shape index (κ1) is 18.3. The molecule has 0 aliphatic carbocycles. The molecule has 0 aliphatic rings. The molecule has 0 saturated carbocycles. The summed E-state index contributed by atoms with van der Waals surface area (Å²) >= 11 is 5.94. The van der Waals surface area contributed by atoms with E-state index in [1.807, 2.05) is 30.3 Å². The number of rotatable bonds is 7. The van der Waals surface area contributed by atoms with Crippen molar-refractivity contribution in [3.63, 3.8) is 0 Å². The predicted molar refractivity (Wildman–Crippen MR) is 87.1 cm³/mol. The molecule has 1 N–H and O–H groups in total. The molecule has 6 nitrogen and oxygen atoms in total. The summed E-state index contributed by atoms with van der Waals surface area (Å²) < 4.78 is 32.3. The van der Waals surface area contributed by atoms with E-state index < -0.39 is 28.6 Å². The lowest BCUT2D eigenvalue weighted by atomic mass is 10.1. The van der Waals surface area contributed by atoms with Gasteiger partial charge in [-0.1, -0.05) is 41.9 Å². The van der Waals surface area contributed by atoms with Gasteiger partial charge in [-0.15, -0.1) is 0 Å². The van der Waals surface area contributed by atoms with Crippen molar-refractivity contribution in [3.05, 3.63) is 59.1 Å². The van der Waals surface area contributed by atoms with Gasteiger partial charge in [0.2, 0.25) is 10.0 Å². The number of nitrogens with one attached hydrogen (secondary N) is 1. The second-order valence-corrected chi connectivity index (χ2v) is 7.13. The Labute approximate surface area is 145 Å². The van der Waals surface area contributed by atoms with Gasteiger partial charge in [-0.2, -0.15) is 0 Å². The van der Waals surface area contributed by atoms with E-state index in [1.165, 1.54) is 18.2 Å². The molecule has 2 rings (SSSR count). The Bertz CT molecular complexity index is 824. The van der Waals surface area contributed by atoms with Crippen LogP contribution in [0.3, 0.4) is 0 Å². The molecule has 0 amide bonds. The lowest BCUT2D eigenvalue weighted by Crippen LogP contribution is -2.29. The number of carboxylic acid groups (broad SMARTS) is 1. The maximum atomic E-state index is 12.4. The fraction of sp³-hybridized carbons (Fsp3) is 0.188. The molecule has 0 aliphatic heterocycles. The molecule has 8 heteroatoms. The number of carboxylic acids is 1. The van der Waals surface area contributed by atoms with Crippen LogP contribution >= 0.6 is 11.6 Å². The molecular weight excluding hydrogens is 354 g/mol. The Balaban J connectivity index is 2.17. The van der Waals surface area contributed by atoms with E-state index in [0.29, 0.717) is 0 Å². The van der Waals surface area contributed by atoms with Gasteiger partial charge in [0.05, 0.1) is 15.9 Å². The second-order valence-electron chi connectivity index (χ2n) is 5.01. The van der Waals surface area contributed by atoms with Gasteiger partial charge in [0.25, 0.3) is 0 Å². The number of hydrogen-bond acceptors (Lipinski definition) is 5. The first-order valence-electron chi connectivity index (χ1n) is 6.99. The summed E-state index contributed by atoms with van der Waals surface area (Å²) in [5.74, 6) is -1.34. The average molecular weight is 369 g/mol. The number of hydrogen-bond donors (Lipinski definition) is 1. The SMILES string of the molecule is C[C@@H](NS(=O)(=O)c1ccc(OCC(=O)[O-])c(Cl)c1)c1ccccc1. The van der Waals surface area contributed by atoms with Crippen LogP contribution in [-0.4, -0.2) is 21.0 Å². The first-order chi connectivity index (χ1) is 11.3. The van der Waals surface area contributed by atoms with Crippen LogP contribution in [0.25, 0.3) is 0 Å². The standard InChI is InChI=1S/C16H16ClNO5S/c1-11(12-5-3-2-4-6-12)18-24(21,22)13-7-8-15(14(17)9-13)23-10-16(19)20/h2-9,11,18H,10H2,1H3,(H,19,20)/p-1/t11-/m1/s1. The van der Waals surface area contributed by atoms with Gasteiger partial charge in [0, 0.05) is 6.04 Å². The van der Waals surface area contributed by atoms with E-state index in [4.69, 9.17) is 16.3 Å². The van der Waals surface area contributed by atoms with Gasteiger partial charge >= 0.3 is 0 Å². The van der Waals surface area contributed by atoms with Crippen LogP contribution in [0, 0.1) is 0 Å². The van der Waals surface area contributed by atoms with Gasteiger partial charge in [0.15, 0.2) is 0 Å². The Kier molecular flexibility index (Phi) is 5.82. The minimum absolute atomic E-state index is 0.00788. The topological polar surface area (TPSA) is 95.5 Å². The van der Waals surface area contributed by atoms with Gasteiger partial charge in [-0.05, 0) is 30.7 Å². The van der Waals surface area contributed by atoms with Crippen molar-refractivity contribution in [1.29, 1.82) is 0 Å². The molecule has 0 heterocycles. The minimum atomic E-state index is -3.80. The third kappa shape index (κ3) is 4.70. The van der Waals surface area contributed by atoms with Crippen LogP contribution in [0.5, 0.6) is 5.75 Å². The van der Waals surface area contributed by atoms with E-state index in [1.54, 1.807) is 6.92 Å². The third-order valence-corrected chi connectivity index (χ3v) is 5.02. The zero-order valence-electron chi connectivity index (χ0n) is 12.7. The Morgan fingerprint density at radius 2 is 1.92 bits per heavy atom. The summed E-state index contributed by atoms with van der Waals surface area (Å²) in [6.45, 7) is 1.06. The van der Waals surface area contributed by atoms with Gasteiger partial charge < -0.3 is 14.6 Å². The minimum Gasteiger partial charge on any atom is -0.546 e. The molecule has 0 spiro atoms. The number of ether oxygens (including phenoxy) is 1. The van der Waals surface area contributed by atoms with Crippen molar-refractivity contribution in [1.82, 2.24) is 4.72 Å². The van der Waals surface area contributed by atoms with Crippen LogP contribution in [0.15, 0.2) is 53.4 Å². The maximum Gasteiger partial charge on any atom is 0.241 e. The van der Waals surface area contributed by atoms with E-state index >= 15 is 0 Å². The molecular formula is C16H15ClNO5S-. The van der Waals surface area contributed by atoms with Crippen molar-refractivity contribution in [2.24, 2.45) is 0 Å². The number of carbonyl (C=O) groups excluding carboxylic acids is 1. The number of benzene rings is 2. The molecule has 128 valence electrons. The van der Waals surface area contributed by atoms with E-state index in [9.17, 15) is 18.3 Å². The highest BCUT2D eigenvalue weighted by molar-refractivity contribution is 7.89. The molecule has 2 aromatic rings. The fourth-order valence-electron chi connectivity index (χ4n) is 2.01. The van der Waals surface area contributed by atoms with Crippen LogP contribution in [0.2, 0.25) is 5.02 Å². The first-order valence-corrected chi connectivity index (χ1v) is 8.85. The van der Waals surface area contributed by atoms with Gasteiger partial charge in [0.1, 0.15) is 12.4 Å². The monoisotopic (exact) mass is 368 g/mol. The highest BCUT2D eigenvalue weighted by Crippen LogP contribution is 2.28. The molecule has 1 atom stereocenters. The van der Waals surface area contributed by atoms with Crippen molar-refractivity contribution < 1.29 is 23.1 Å². The second kappa shape index (κ2) is 7.65. The number of carbonyl (C=O) groups is 1. The normalized spacial score (nSPS) is 12.6. The molecule has 2 aromatic carbocycles. The molecule has 0 fully saturated rings. The number of aliphatic carboxylic acids is 1. The number of halogens is 1. The van der Waals surface area contributed by atoms with Crippen molar-refractivity contribution in [2.45, 2.75) is 17.9 Å². The highest BCUT2D eigenvalue weighted by Gasteiger charge is 2.19. The molecule has 0 bridgehead atoms. The molecule has 0 saturated heterocycles. The Hall–Kier alpha value is -2.09. The van der Waals surface area contributed by atoms with Crippen molar-refractivity contribution in [2.75, 3.05) is 6.61 Å². The smallest absolute Gasteiger partial charge is 0.241 e. The maximum absolute atomic E-state index is 12.4. The van der Waals surface area contributed by atoms with Crippen LogP contribution < -0.4 is 14.6 Å². The average Bonchev–Trinajstić information content (AvgIpc) is 2.54. The van der Waals surface area contributed by atoms with E-state index in [-0.39, 0.29) is 15.7 Å². The van der Waals surface area contributed by atoms with E-state index in [2.05, 4.69) is 4.72 Å². The summed E-state index contributed by atoms with van der Waals surface area (Å²) in [4.78, 5) is 10.3. The summed E-state index contributed by atoms with van der Waals surface area (Å²) in [6, 6.07) is 12.5. The summed E-state index contributed by atoms with van der Waals surface area (Å²) in [7, 11) is -3.80. The van der Waals surface area contributed by atoms with Gasteiger partial charge in [-0.25, -0.2) is 13.1 Å². The largest absolute Gasteiger partial charge is 0.546 e. The van der Waals surface area contributed by atoms with E-state index in [0.717, 1.165) is 5.56 Å².